The summed E-state index contributed by atoms with van der Waals surface area (Å²) in [5, 5.41) is 0. The molecule has 0 aromatic carbocycles. The van der Waals surface area contributed by atoms with Crippen LogP contribution in [0.5, 0.6) is 11.8 Å². The van der Waals surface area contributed by atoms with Crippen LogP contribution in [0.4, 0.5) is 0 Å². The maximum Gasteiger partial charge on any atom is 0.220 e. The van der Waals surface area contributed by atoms with Gasteiger partial charge in [0.1, 0.15) is 11.6 Å². The molecule has 0 amide bonds. The Hall–Kier alpha value is -1.65. The van der Waals surface area contributed by atoms with Crippen molar-refractivity contribution in [2.24, 2.45) is 5.41 Å². The fraction of sp³-hybridized carbons (Fsp3) is 0.583. The van der Waals surface area contributed by atoms with Crippen LogP contribution in [0.25, 0.3) is 0 Å². The minimum Gasteiger partial charge on any atom is -0.481 e. The quantitative estimate of drug-likeness (QED) is 0.798. The highest BCUT2D eigenvalue weighted by Crippen LogP contribution is 2.19. The van der Waals surface area contributed by atoms with Crippen LogP contribution in [0.15, 0.2) is 6.07 Å². The maximum atomic E-state index is 11.9. The van der Waals surface area contributed by atoms with Crippen LogP contribution in [0, 0.1) is 5.41 Å². The van der Waals surface area contributed by atoms with Crippen LogP contribution in [-0.4, -0.2) is 30.0 Å². The Labute approximate surface area is 101 Å². The van der Waals surface area contributed by atoms with E-state index in [-0.39, 0.29) is 12.2 Å². The first-order chi connectivity index (χ1) is 7.86. The van der Waals surface area contributed by atoms with Crippen LogP contribution in [0.1, 0.15) is 26.6 Å². The monoisotopic (exact) mass is 238 g/mol. The van der Waals surface area contributed by atoms with Gasteiger partial charge in [-0.3, -0.25) is 4.79 Å². The Morgan fingerprint density at radius 1 is 1.18 bits per heavy atom. The van der Waals surface area contributed by atoms with E-state index in [0.29, 0.717) is 17.6 Å². The van der Waals surface area contributed by atoms with Crippen LogP contribution in [0.3, 0.4) is 0 Å². The van der Waals surface area contributed by atoms with Crippen LogP contribution >= 0.6 is 0 Å². The molecule has 0 N–H and O–H groups in total. The number of methoxy groups -OCH3 is 2. The lowest BCUT2D eigenvalue weighted by Gasteiger charge is -2.16. The average molecular weight is 238 g/mol. The maximum absolute atomic E-state index is 11.9. The predicted molar refractivity (Wildman–Crippen MR) is 63.3 cm³/mol. The first-order valence-corrected chi connectivity index (χ1v) is 5.36. The summed E-state index contributed by atoms with van der Waals surface area (Å²) in [4.78, 5) is 20.1. The van der Waals surface area contributed by atoms with Gasteiger partial charge in [-0.1, -0.05) is 20.8 Å². The summed E-state index contributed by atoms with van der Waals surface area (Å²) in [6.45, 7) is 5.60. The number of nitrogens with zero attached hydrogens (tertiary/aromatic N) is 2. The number of hydrogen-bond acceptors (Lipinski definition) is 5. The average Bonchev–Trinajstić information content (AvgIpc) is 2.27. The van der Waals surface area contributed by atoms with E-state index in [4.69, 9.17) is 9.47 Å². The lowest BCUT2D eigenvalue weighted by atomic mass is 9.89. The highest BCUT2D eigenvalue weighted by atomic mass is 16.5. The summed E-state index contributed by atoms with van der Waals surface area (Å²) in [5.41, 5.74) is -0.403. The van der Waals surface area contributed by atoms with Gasteiger partial charge in [0, 0.05) is 5.41 Å². The van der Waals surface area contributed by atoms with Gasteiger partial charge < -0.3 is 9.47 Å². The molecule has 0 aliphatic carbocycles. The Morgan fingerprint density at radius 3 is 2.00 bits per heavy atom. The molecule has 5 nitrogen and oxygen atoms in total. The van der Waals surface area contributed by atoms with Crippen molar-refractivity contribution in [1.29, 1.82) is 0 Å². The molecule has 94 valence electrons. The fourth-order valence-corrected chi connectivity index (χ4v) is 1.15. The zero-order chi connectivity index (χ0) is 13.1. The third-order valence-corrected chi connectivity index (χ3v) is 2.30. The van der Waals surface area contributed by atoms with E-state index < -0.39 is 5.41 Å². The van der Waals surface area contributed by atoms with E-state index in [1.54, 1.807) is 6.07 Å². The van der Waals surface area contributed by atoms with Crippen LogP contribution in [-0.2, 0) is 11.2 Å². The van der Waals surface area contributed by atoms with Crippen LogP contribution < -0.4 is 9.47 Å². The molecule has 0 aliphatic heterocycles. The molecule has 0 radical (unpaired) electrons. The number of hydrogen-bond donors (Lipinski definition) is 0. The number of ketones is 1. The molecule has 0 aliphatic rings. The molecular formula is C12H18N2O3. The Morgan fingerprint density at radius 2 is 1.65 bits per heavy atom. The van der Waals surface area contributed by atoms with Crippen molar-refractivity contribution < 1.29 is 14.3 Å². The molecule has 0 bridgehead atoms. The Balaban J connectivity index is 2.94. The highest BCUT2D eigenvalue weighted by molar-refractivity contribution is 5.85. The zero-order valence-corrected chi connectivity index (χ0v) is 10.9. The van der Waals surface area contributed by atoms with Crippen LogP contribution in [0.2, 0.25) is 0 Å². The molecule has 1 rings (SSSR count). The van der Waals surface area contributed by atoms with Gasteiger partial charge in [-0.05, 0) is 0 Å². The second-order valence-corrected chi connectivity index (χ2v) is 4.72. The van der Waals surface area contributed by atoms with Gasteiger partial charge in [-0.2, -0.15) is 9.97 Å². The molecule has 0 fully saturated rings. The second kappa shape index (κ2) is 5.12. The SMILES string of the molecule is COc1cc(OC)nc(CC(=O)C(C)(C)C)n1. The number of ether oxygens (including phenoxy) is 2. The van der Waals surface area contributed by atoms with Gasteiger partial charge >= 0.3 is 0 Å². The van der Waals surface area contributed by atoms with Gasteiger partial charge in [0.2, 0.25) is 11.8 Å². The number of rotatable bonds is 4. The van der Waals surface area contributed by atoms with Gasteiger partial charge in [-0.15, -0.1) is 0 Å². The van der Waals surface area contributed by atoms with Crippen molar-refractivity contribution in [2.75, 3.05) is 14.2 Å². The standard InChI is InChI=1S/C12H18N2O3/c1-12(2,3)8(15)6-9-13-10(16-4)7-11(14-9)17-5/h7H,6H2,1-5H3. The lowest BCUT2D eigenvalue weighted by Crippen LogP contribution is -2.23. The van der Waals surface area contributed by atoms with Crippen molar-refractivity contribution in [3.05, 3.63) is 11.9 Å². The van der Waals surface area contributed by atoms with Gasteiger partial charge in [0.15, 0.2) is 0 Å². The third-order valence-electron chi connectivity index (χ3n) is 2.30. The molecule has 0 spiro atoms. The first-order valence-electron chi connectivity index (χ1n) is 5.36. The molecule has 1 aromatic rings. The van der Waals surface area contributed by atoms with E-state index in [9.17, 15) is 4.79 Å². The molecule has 1 heterocycles. The fourth-order valence-electron chi connectivity index (χ4n) is 1.15. The van der Waals surface area contributed by atoms with Gasteiger partial charge in [0.25, 0.3) is 0 Å². The van der Waals surface area contributed by atoms with Crippen molar-refractivity contribution in [2.45, 2.75) is 27.2 Å². The number of carbonyl (C=O) groups excluding carboxylic acids is 1. The van der Waals surface area contributed by atoms with Crippen molar-refractivity contribution in [3.63, 3.8) is 0 Å². The number of Topliss-reactive ketones (excluding diaryl/α,β-unsaturated/α-hetero) is 1. The molecule has 17 heavy (non-hydrogen) atoms. The molecule has 1 aromatic heterocycles. The number of aromatic nitrogens is 2. The van der Waals surface area contributed by atoms with Crippen molar-refractivity contribution in [3.8, 4) is 11.8 Å². The molecule has 0 atom stereocenters. The van der Waals surface area contributed by atoms with E-state index >= 15 is 0 Å². The summed E-state index contributed by atoms with van der Waals surface area (Å²) in [6.07, 6.45) is 0.178. The van der Waals surface area contributed by atoms with E-state index in [0.717, 1.165) is 0 Å². The van der Waals surface area contributed by atoms with E-state index in [1.165, 1.54) is 14.2 Å². The lowest BCUT2D eigenvalue weighted by molar-refractivity contribution is -0.125. The topological polar surface area (TPSA) is 61.3 Å². The summed E-state index contributed by atoms with van der Waals surface area (Å²) in [6, 6.07) is 1.57. The molecule has 5 heteroatoms. The normalized spacial score (nSPS) is 11.1. The van der Waals surface area contributed by atoms with Crippen molar-refractivity contribution >= 4 is 5.78 Å². The molecular weight excluding hydrogens is 220 g/mol. The highest BCUT2D eigenvalue weighted by Gasteiger charge is 2.22. The smallest absolute Gasteiger partial charge is 0.220 e. The van der Waals surface area contributed by atoms with Gasteiger partial charge in [-0.25, -0.2) is 0 Å². The summed E-state index contributed by atoms with van der Waals surface area (Å²) < 4.78 is 10.0. The summed E-state index contributed by atoms with van der Waals surface area (Å²) >= 11 is 0. The largest absolute Gasteiger partial charge is 0.481 e. The first kappa shape index (κ1) is 13.4. The van der Waals surface area contributed by atoms with E-state index in [1.807, 2.05) is 20.8 Å². The molecule has 0 unspecified atom stereocenters. The minimum atomic E-state index is -0.403. The second-order valence-electron chi connectivity index (χ2n) is 4.72. The molecule has 0 saturated carbocycles. The zero-order valence-electron chi connectivity index (χ0n) is 10.9. The molecule has 0 saturated heterocycles. The van der Waals surface area contributed by atoms with E-state index in [2.05, 4.69) is 9.97 Å². The number of carbonyl (C=O) groups is 1. The van der Waals surface area contributed by atoms with Crippen molar-refractivity contribution in [1.82, 2.24) is 9.97 Å². The van der Waals surface area contributed by atoms with Gasteiger partial charge in [0.05, 0.1) is 26.7 Å². The Kier molecular flexibility index (Phi) is 4.04. The third kappa shape index (κ3) is 3.69. The predicted octanol–water partition coefficient (Wildman–Crippen LogP) is 1.65. The minimum absolute atomic E-state index is 0.0767. The summed E-state index contributed by atoms with van der Waals surface area (Å²) in [5.74, 6) is 1.29. The summed E-state index contributed by atoms with van der Waals surface area (Å²) in [7, 11) is 3.02. The Bertz CT molecular complexity index is 388.